The lowest BCUT2D eigenvalue weighted by molar-refractivity contribution is -0.140. The normalized spacial score (nSPS) is 18.5. The first kappa shape index (κ1) is 33.4. The molecule has 2 atom stereocenters. The van der Waals surface area contributed by atoms with Crippen LogP contribution in [0.5, 0.6) is 0 Å². The lowest BCUT2D eigenvalue weighted by atomic mass is 9.75. The first-order valence-electron chi connectivity index (χ1n) is 16.7. The van der Waals surface area contributed by atoms with E-state index in [0.29, 0.717) is 41.5 Å². The fraction of sp³-hybridized carbons (Fsp3) is 0.293. The van der Waals surface area contributed by atoms with Gasteiger partial charge in [0.05, 0.1) is 18.1 Å². The predicted molar refractivity (Wildman–Crippen MR) is 192 cm³/mol. The molecule has 48 heavy (non-hydrogen) atoms. The maximum Gasteiger partial charge on any atom is 0.336 e. The fourth-order valence-electron chi connectivity index (χ4n) is 7.09. The molecular weight excluding hydrogens is 618 g/mol. The zero-order valence-corrected chi connectivity index (χ0v) is 28.4. The molecule has 0 aromatic heterocycles. The first-order valence-corrected chi connectivity index (χ1v) is 17.1. The zero-order chi connectivity index (χ0) is 33.5. The van der Waals surface area contributed by atoms with E-state index in [0.717, 1.165) is 25.2 Å². The highest BCUT2D eigenvalue weighted by molar-refractivity contribution is 6.30. The van der Waals surface area contributed by atoms with E-state index in [1.165, 1.54) is 16.7 Å². The Morgan fingerprint density at radius 1 is 0.812 bits per heavy atom. The van der Waals surface area contributed by atoms with Crippen molar-refractivity contribution in [3.63, 3.8) is 0 Å². The molecule has 0 spiro atoms. The molecule has 4 aromatic carbocycles. The summed E-state index contributed by atoms with van der Waals surface area (Å²) in [5.74, 6) is -1.61. The number of allylic oxidation sites excluding steroid dienone is 1. The number of benzene rings is 4. The van der Waals surface area contributed by atoms with Crippen molar-refractivity contribution >= 4 is 29.2 Å². The number of halogens is 1. The molecule has 1 amide bonds. The topological polar surface area (TPSA) is 62.2 Å². The van der Waals surface area contributed by atoms with Crippen LogP contribution in [0, 0.1) is 5.92 Å². The predicted octanol–water partition coefficient (Wildman–Crippen LogP) is 7.90. The molecule has 246 valence electrons. The molecule has 0 aliphatic carbocycles. The Kier molecular flexibility index (Phi) is 10.8. The van der Waals surface area contributed by atoms with Gasteiger partial charge in [-0.15, -0.1) is 0 Å². The van der Waals surface area contributed by atoms with Gasteiger partial charge in [-0.1, -0.05) is 115 Å². The van der Waals surface area contributed by atoms with Crippen molar-refractivity contribution in [3.8, 4) is 0 Å². The number of aliphatic imine (C=N–C) groups is 1. The Labute approximate surface area is 288 Å². The number of carbonyl (C=O) groups is 2. The summed E-state index contributed by atoms with van der Waals surface area (Å²) >= 11 is 6.49. The molecule has 2 unspecified atom stereocenters. The van der Waals surface area contributed by atoms with Crippen LogP contribution in [0.2, 0.25) is 5.02 Å². The van der Waals surface area contributed by atoms with Crippen molar-refractivity contribution in [1.82, 2.24) is 9.80 Å². The second-order valence-corrected chi connectivity index (χ2v) is 13.1. The molecule has 2 aliphatic heterocycles. The number of rotatable bonds is 10. The third-order valence-electron chi connectivity index (χ3n) is 9.50. The molecule has 0 radical (unpaired) electrons. The lowest BCUT2D eigenvalue weighted by Gasteiger charge is -2.39. The maximum atomic E-state index is 14.4. The molecule has 0 saturated carbocycles. The summed E-state index contributed by atoms with van der Waals surface area (Å²) in [4.78, 5) is 37.6. The van der Waals surface area contributed by atoms with Gasteiger partial charge in [-0.25, -0.2) is 4.79 Å². The summed E-state index contributed by atoms with van der Waals surface area (Å²) in [5.41, 5.74) is 6.08. The minimum atomic E-state index is -0.642. The van der Waals surface area contributed by atoms with Gasteiger partial charge < -0.3 is 9.64 Å². The second kappa shape index (κ2) is 15.6. The molecule has 2 heterocycles. The number of esters is 1. The number of nitrogens with zero attached hydrogens (tertiary/aromatic N) is 3. The summed E-state index contributed by atoms with van der Waals surface area (Å²) in [6.07, 6.45) is 0.617. The van der Waals surface area contributed by atoms with Gasteiger partial charge in [0.15, 0.2) is 0 Å². The zero-order valence-electron chi connectivity index (χ0n) is 27.6. The van der Waals surface area contributed by atoms with Gasteiger partial charge in [-0.05, 0) is 54.7 Å². The largest absolute Gasteiger partial charge is 0.462 e. The van der Waals surface area contributed by atoms with Gasteiger partial charge in [-0.3, -0.25) is 14.7 Å². The SMILES string of the molecule is CC1=NC(C)=C(C(=O)OCCC(c2ccccc2)c2ccccc2)C(c2cccc(Cl)c2)C1C(=O)N1CCN(Cc2ccccc2)CC1. The summed E-state index contributed by atoms with van der Waals surface area (Å²) in [6, 6.07) is 38.4. The summed E-state index contributed by atoms with van der Waals surface area (Å²) in [7, 11) is 0. The molecule has 7 heteroatoms. The number of piperazine rings is 1. The van der Waals surface area contributed by atoms with E-state index in [1.54, 1.807) is 6.07 Å². The Balaban J connectivity index is 1.21. The molecule has 4 aromatic rings. The molecule has 0 bridgehead atoms. The molecule has 6 nitrogen and oxygen atoms in total. The third kappa shape index (κ3) is 7.78. The third-order valence-corrected chi connectivity index (χ3v) is 9.73. The van der Waals surface area contributed by atoms with E-state index in [-0.39, 0.29) is 18.4 Å². The summed E-state index contributed by atoms with van der Waals surface area (Å²) < 4.78 is 6.06. The second-order valence-electron chi connectivity index (χ2n) is 12.6. The van der Waals surface area contributed by atoms with Gasteiger partial charge in [0, 0.05) is 61.0 Å². The standard InChI is InChI=1S/C41H42ClN3O3/c1-29-37(40(46)45-24-22-44(23-25-45)28-31-13-6-3-7-14-31)39(34-19-12-20-35(42)27-34)38(30(2)43-29)41(47)48-26-21-36(32-15-8-4-9-16-32)33-17-10-5-11-18-33/h3-20,27,36-37,39H,21-26,28H2,1-2H3. The van der Waals surface area contributed by atoms with Crippen molar-refractivity contribution in [1.29, 1.82) is 0 Å². The number of amides is 1. The van der Waals surface area contributed by atoms with Crippen LogP contribution in [0.3, 0.4) is 0 Å². The lowest BCUT2D eigenvalue weighted by Crippen LogP contribution is -2.52. The molecule has 1 fully saturated rings. The van der Waals surface area contributed by atoms with Crippen LogP contribution >= 0.6 is 11.6 Å². The van der Waals surface area contributed by atoms with E-state index in [9.17, 15) is 9.59 Å². The minimum Gasteiger partial charge on any atom is -0.462 e. The Bertz CT molecular complexity index is 1730. The summed E-state index contributed by atoms with van der Waals surface area (Å²) in [6.45, 7) is 7.57. The van der Waals surface area contributed by atoms with E-state index in [4.69, 9.17) is 21.3 Å². The highest BCUT2D eigenvalue weighted by Crippen LogP contribution is 2.41. The van der Waals surface area contributed by atoms with Gasteiger partial charge in [0.2, 0.25) is 5.91 Å². The van der Waals surface area contributed by atoms with Gasteiger partial charge in [0.25, 0.3) is 0 Å². The van der Waals surface area contributed by atoms with Crippen molar-refractivity contribution in [2.45, 2.75) is 38.6 Å². The first-order chi connectivity index (χ1) is 23.4. The van der Waals surface area contributed by atoms with Crippen molar-refractivity contribution in [2.75, 3.05) is 32.8 Å². The number of hydrogen-bond donors (Lipinski definition) is 0. The van der Waals surface area contributed by atoms with E-state index in [2.05, 4.69) is 53.4 Å². The quantitative estimate of drug-likeness (QED) is 0.162. The van der Waals surface area contributed by atoms with Crippen molar-refractivity contribution in [3.05, 3.63) is 154 Å². The van der Waals surface area contributed by atoms with Crippen LogP contribution in [0.4, 0.5) is 0 Å². The number of ether oxygens (including phenoxy) is 1. The monoisotopic (exact) mass is 659 g/mol. The van der Waals surface area contributed by atoms with Gasteiger partial charge >= 0.3 is 5.97 Å². The van der Waals surface area contributed by atoms with Crippen LogP contribution in [0.25, 0.3) is 0 Å². The highest BCUT2D eigenvalue weighted by Gasteiger charge is 2.43. The van der Waals surface area contributed by atoms with Crippen molar-refractivity contribution in [2.24, 2.45) is 10.9 Å². The van der Waals surface area contributed by atoms with Crippen LogP contribution in [-0.2, 0) is 20.9 Å². The van der Waals surface area contributed by atoms with Crippen LogP contribution in [0.15, 0.2) is 132 Å². The molecule has 1 saturated heterocycles. The van der Waals surface area contributed by atoms with E-state index in [1.807, 2.05) is 79.4 Å². The Hall–Kier alpha value is -4.52. The van der Waals surface area contributed by atoms with Gasteiger partial charge in [-0.2, -0.15) is 0 Å². The minimum absolute atomic E-state index is 0.0217. The van der Waals surface area contributed by atoms with Crippen LogP contribution in [0.1, 0.15) is 54.4 Å². The van der Waals surface area contributed by atoms with Crippen LogP contribution < -0.4 is 0 Å². The molecule has 0 N–H and O–H groups in total. The Morgan fingerprint density at radius 3 is 2.02 bits per heavy atom. The number of carbonyl (C=O) groups excluding carboxylic acids is 2. The number of hydrogen-bond acceptors (Lipinski definition) is 5. The average molecular weight is 660 g/mol. The summed E-state index contributed by atoms with van der Waals surface area (Å²) in [5, 5.41) is 0.548. The van der Waals surface area contributed by atoms with Gasteiger partial charge in [0.1, 0.15) is 0 Å². The molecular formula is C41H42ClN3O3. The highest BCUT2D eigenvalue weighted by atomic mass is 35.5. The Morgan fingerprint density at radius 2 is 1.42 bits per heavy atom. The average Bonchev–Trinajstić information content (AvgIpc) is 3.11. The van der Waals surface area contributed by atoms with E-state index < -0.39 is 17.8 Å². The fourth-order valence-corrected chi connectivity index (χ4v) is 7.29. The van der Waals surface area contributed by atoms with Crippen molar-refractivity contribution < 1.29 is 14.3 Å². The molecule has 2 aliphatic rings. The smallest absolute Gasteiger partial charge is 0.336 e. The maximum absolute atomic E-state index is 14.4. The van der Waals surface area contributed by atoms with Crippen LogP contribution in [-0.4, -0.2) is 60.2 Å². The van der Waals surface area contributed by atoms with E-state index >= 15 is 0 Å². The molecule has 6 rings (SSSR count).